The van der Waals surface area contributed by atoms with Crippen LogP contribution in [-0.2, 0) is 0 Å². The summed E-state index contributed by atoms with van der Waals surface area (Å²) in [6.07, 6.45) is 1.39. The van der Waals surface area contributed by atoms with Crippen LogP contribution in [0.15, 0.2) is 18.2 Å². The highest BCUT2D eigenvalue weighted by Gasteiger charge is 2.18. The molecule has 0 radical (unpaired) electrons. The lowest BCUT2D eigenvalue weighted by atomic mass is 10.0. The van der Waals surface area contributed by atoms with Gasteiger partial charge in [-0.1, -0.05) is 25.4 Å². The third-order valence-electron chi connectivity index (χ3n) is 2.90. The molecule has 1 fully saturated rings. The van der Waals surface area contributed by atoms with E-state index in [9.17, 15) is 0 Å². The second-order valence-electron chi connectivity index (χ2n) is 4.57. The van der Waals surface area contributed by atoms with Crippen molar-refractivity contribution < 1.29 is 4.74 Å². The van der Waals surface area contributed by atoms with E-state index in [4.69, 9.17) is 16.3 Å². The molecule has 1 saturated heterocycles. The molecule has 0 saturated carbocycles. The zero-order valence-electron chi connectivity index (χ0n) is 9.79. The van der Waals surface area contributed by atoms with Crippen LogP contribution in [0.4, 0.5) is 0 Å². The number of nitrogens with one attached hydrogen (secondary N) is 1. The molecule has 1 aliphatic heterocycles. The van der Waals surface area contributed by atoms with E-state index in [0.29, 0.717) is 12.0 Å². The SMILES string of the molecule is CC(C)c1cc(Cl)ccc1O[C@@H]1CCNC1. The normalized spacial score (nSPS) is 20.4. The van der Waals surface area contributed by atoms with Crippen molar-refractivity contribution in [3.05, 3.63) is 28.8 Å². The highest BCUT2D eigenvalue weighted by Crippen LogP contribution is 2.30. The minimum Gasteiger partial charge on any atom is -0.489 e. The molecule has 1 aromatic carbocycles. The Hall–Kier alpha value is -0.730. The highest BCUT2D eigenvalue weighted by atomic mass is 35.5. The van der Waals surface area contributed by atoms with E-state index in [1.807, 2.05) is 18.2 Å². The Kier molecular flexibility index (Phi) is 3.72. The second kappa shape index (κ2) is 5.07. The van der Waals surface area contributed by atoms with Gasteiger partial charge in [0.05, 0.1) is 0 Å². The fourth-order valence-corrected chi connectivity index (χ4v) is 2.17. The van der Waals surface area contributed by atoms with Crippen LogP contribution in [0, 0.1) is 0 Å². The standard InChI is InChI=1S/C13H18ClNO/c1-9(2)12-7-10(14)3-4-13(12)16-11-5-6-15-8-11/h3-4,7,9,11,15H,5-6,8H2,1-2H3/t11-/m1/s1. The van der Waals surface area contributed by atoms with Crippen LogP contribution in [0.3, 0.4) is 0 Å². The van der Waals surface area contributed by atoms with Crippen LogP contribution < -0.4 is 10.1 Å². The third kappa shape index (κ3) is 2.69. The first-order valence-electron chi connectivity index (χ1n) is 5.83. The van der Waals surface area contributed by atoms with Gasteiger partial charge in [-0.2, -0.15) is 0 Å². The first-order valence-corrected chi connectivity index (χ1v) is 6.21. The van der Waals surface area contributed by atoms with Crippen LogP contribution in [0.5, 0.6) is 5.75 Å². The summed E-state index contributed by atoms with van der Waals surface area (Å²) >= 11 is 6.01. The molecule has 0 aromatic heterocycles. The van der Waals surface area contributed by atoms with Gasteiger partial charge in [-0.05, 0) is 42.6 Å². The maximum atomic E-state index is 6.01. The minimum atomic E-state index is 0.304. The van der Waals surface area contributed by atoms with Gasteiger partial charge in [0.15, 0.2) is 0 Å². The first kappa shape index (κ1) is 11.7. The summed E-state index contributed by atoms with van der Waals surface area (Å²) in [4.78, 5) is 0. The maximum Gasteiger partial charge on any atom is 0.123 e. The Morgan fingerprint density at radius 3 is 2.88 bits per heavy atom. The zero-order valence-corrected chi connectivity index (χ0v) is 10.6. The summed E-state index contributed by atoms with van der Waals surface area (Å²) < 4.78 is 6.00. The van der Waals surface area contributed by atoms with Crippen molar-refractivity contribution in [3.63, 3.8) is 0 Å². The molecule has 2 rings (SSSR count). The molecule has 1 atom stereocenters. The largest absolute Gasteiger partial charge is 0.489 e. The average Bonchev–Trinajstić information content (AvgIpc) is 2.73. The Bertz CT molecular complexity index is 359. The quantitative estimate of drug-likeness (QED) is 0.875. The number of halogens is 1. The molecule has 0 bridgehead atoms. The molecule has 1 N–H and O–H groups in total. The van der Waals surface area contributed by atoms with Crippen molar-refractivity contribution in [1.82, 2.24) is 5.32 Å². The van der Waals surface area contributed by atoms with E-state index in [2.05, 4.69) is 19.2 Å². The Morgan fingerprint density at radius 2 is 2.25 bits per heavy atom. The molecule has 0 aliphatic carbocycles. The monoisotopic (exact) mass is 239 g/mol. The fourth-order valence-electron chi connectivity index (χ4n) is 1.99. The molecule has 1 aromatic rings. The van der Waals surface area contributed by atoms with Crippen molar-refractivity contribution in [2.75, 3.05) is 13.1 Å². The fraction of sp³-hybridized carbons (Fsp3) is 0.538. The number of hydrogen-bond donors (Lipinski definition) is 1. The molecule has 3 heteroatoms. The van der Waals surface area contributed by atoms with E-state index in [1.54, 1.807) is 0 Å². The van der Waals surface area contributed by atoms with E-state index in [-0.39, 0.29) is 0 Å². The van der Waals surface area contributed by atoms with Crippen molar-refractivity contribution >= 4 is 11.6 Å². The van der Waals surface area contributed by atoms with Gasteiger partial charge in [0, 0.05) is 11.6 Å². The highest BCUT2D eigenvalue weighted by molar-refractivity contribution is 6.30. The van der Waals surface area contributed by atoms with Gasteiger partial charge in [-0.25, -0.2) is 0 Å². The lowest BCUT2D eigenvalue weighted by molar-refractivity contribution is 0.220. The number of benzene rings is 1. The molecule has 1 heterocycles. The molecule has 16 heavy (non-hydrogen) atoms. The molecular formula is C13H18ClNO. The number of rotatable bonds is 3. The van der Waals surface area contributed by atoms with Gasteiger partial charge in [-0.15, -0.1) is 0 Å². The van der Waals surface area contributed by atoms with Gasteiger partial charge in [-0.3, -0.25) is 0 Å². The summed E-state index contributed by atoms with van der Waals surface area (Å²) in [5, 5.41) is 4.08. The number of ether oxygens (including phenoxy) is 1. The summed E-state index contributed by atoms with van der Waals surface area (Å²) in [5.74, 6) is 1.41. The van der Waals surface area contributed by atoms with Crippen LogP contribution in [0.2, 0.25) is 5.02 Å². The third-order valence-corrected chi connectivity index (χ3v) is 3.14. The molecule has 0 amide bonds. The van der Waals surface area contributed by atoms with Crippen LogP contribution in [0.25, 0.3) is 0 Å². The molecule has 2 nitrogen and oxygen atoms in total. The molecule has 1 aliphatic rings. The Balaban J connectivity index is 2.18. The zero-order chi connectivity index (χ0) is 11.5. The first-order chi connectivity index (χ1) is 7.66. The summed E-state index contributed by atoms with van der Waals surface area (Å²) in [6.45, 7) is 6.31. The van der Waals surface area contributed by atoms with Gasteiger partial charge in [0.25, 0.3) is 0 Å². The summed E-state index contributed by atoms with van der Waals surface area (Å²) in [5.41, 5.74) is 1.19. The topological polar surface area (TPSA) is 21.3 Å². The van der Waals surface area contributed by atoms with E-state index in [0.717, 1.165) is 30.3 Å². The van der Waals surface area contributed by atoms with Gasteiger partial charge in [0.2, 0.25) is 0 Å². The minimum absolute atomic E-state index is 0.304. The van der Waals surface area contributed by atoms with Gasteiger partial charge in [0.1, 0.15) is 11.9 Å². The predicted octanol–water partition coefficient (Wildman–Crippen LogP) is 3.20. The van der Waals surface area contributed by atoms with E-state index >= 15 is 0 Å². The van der Waals surface area contributed by atoms with Crippen LogP contribution >= 0.6 is 11.6 Å². The van der Waals surface area contributed by atoms with Crippen LogP contribution in [-0.4, -0.2) is 19.2 Å². The van der Waals surface area contributed by atoms with Gasteiger partial charge >= 0.3 is 0 Å². The Morgan fingerprint density at radius 1 is 1.44 bits per heavy atom. The van der Waals surface area contributed by atoms with Crippen LogP contribution in [0.1, 0.15) is 31.7 Å². The molecule has 0 spiro atoms. The van der Waals surface area contributed by atoms with Gasteiger partial charge < -0.3 is 10.1 Å². The summed E-state index contributed by atoms with van der Waals surface area (Å²) in [7, 11) is 0. The predicted molar refractivity (Wildman–Crippen MR) is 67.4 cm³/mol. The second-order valence-corrected chi connectivity index (χ2v) is 5.01. The average molecular weight is 240 g/mol. The smallest absolute Gasteiger partial charge is 0.123 e. The molecule has 88 valence electrons. The maximum absolute atomic E-state index is 6.01. The number of hydrogen-bond acceptors (Lipinski definition) is 2. The van der Waals surface area contributed by atoms with Crippen molar-refractivity contribution in [2.45, 2.75) is 32.3 Å². The van der Waals surface area contributed by atoms with Crippen molar-refractivity contribution in [2.24, 2.45) is 0 Å². The summed E-state index contributed by atoms with van der Waals surface area (Å²) in [6, 6.07) is 5.88. The molecule has 0 unspecified atom stereocenters. The van der Waals surface area contributed by atoms with E-state index in [1.165, 1.54) is 5.56 Å². The molecular weight excluding hydrogens is 222 g/mol. The Labute approximate surface area is 102 Å². The van der Waals surface area contributed by atoms with Crippen molar-refractivity contribution in [1.29, 1.82) is 0 Å². The lowest BCUT2D eigenvalue weighted by Crippen LogP contribution is -2.20. The van der Waals surface area contributed by atoms with E-state index < -0.39 is 0 Å². The lowest BCUT2D eigenvalue weighted by Gasteiger charge is -2.18. The van der Waals surface area contributed by atoms with Crippen molar-refractivity contribution in [3.8, 4) is 5.75 Å².